The van der Waals surface area contributed by atoms with Crippen LogP contribution in [0.5, 0.6) is 0 Å². The number of ether oxygens (including phenoxy) is 1. The SMILES string of the molecule is C#CCCCO/N=C1/C[C@@H](O)[C@@H](O)[C@@H]2[C@@H]3C(=O)N(CCC(=O)OCC)C(=O)[C@@H]3CC[C@@H]12. The molecule has 0 aromatic carbocycles. The molecule has 9 heteroatoms. The van der Waals surface area contributed by atoms with Crippen LogP contribution in [0.15, 0.2) is 5.16 Å². The summed E-state index contributed by atoms with van der Waals surface area (Å²) in [5, 5.41) is 25.3. The first kappa shape index (κ1) is 23.2. The van der Waals surface area contributed by atoms with Gasteiger partial charge in [0.2, 0.25) is 11.8 Å². The van der Waals surface area contributed by atoms with E-state index < -0.39 is 41.8 Å². The molecule has 0 aromatic rings. The molecular weight excluding hydrogens is 404 g/mol. The molecular formula is C22H30N2O7. The van der Waals surface area contributed by atoms with Crippen molar-refractivity contribution in [3.63, 3.8) is 0 Å². The number of terminal acetylenes is 1. The standard InChI is InChI=1S/C22H30N2O7/c1-3-5-6-11-31-23-15-12-16(25)20(27)18-13(15)7-8-14-19(18)22(29)24(21(14)28)10-9-17(26)30-4-2/h1,13-14,16,18-20,25,27H,4-12H2,2H3/b23-15-/t13-,14+,16+,18-,19+,20+/m0/s1. The average Bonchev–Trinajstić information content (AvgIpc) is 2.99. The van der Waals surface area contributed by atoms with Crippen LogP contribution in [0.2, 0.25) is 0 Å². The molecule has 0 aromatic heterocycles. The lowest BCUT2D eigenvalue weighted by atomic mass is 9.60. The van der Waals surface area contributed by atoms with Gasteiger partial charge in [-0.3, -0.25) is 19.3 Å². The molecule has 2 N–H and O–H groups in total. The molecule has 2 aliphatic carbocycles. The number of hydrogen-bond acceptors (Lipinski definition) is 8. The minimum absolute atomic E-state index is 0.0429. The zero-order chi connectivity index (χ0) is 22.5. The molecule has 3 fully saturated rings. The Kier molecular flexibility index (Phi) is 7.68. The Bertz CT molecular complexity index is 774. The average molecular weight is 434 g/mol. The Labute approximate surface area is 181 Å². The number of hydrogen-bond donors (Lipinski definition) is 2. The quantitative estimate of drug-likeness (QED) is 0.187. The highest BCUT2D eigenvalue weighted by Crippen LogP contribution is 2.49. The maximum absolute atomic E-state index is 13.1. The van der Waals surface area contributed by atoms with E-state index in [1.54, 1.807) is 6.92 Å². The van der Waals surface area contributed by atoms with Crippen molar-refractivity contribution in [3.8, 4) is 12.3 Å². The van der Waals surface area contributed by atoms with Crippen LogP contribution >= 0.6 is 0 Å². The van der Waals surface area contributed by atoms with Crippen molar-refractivity contribution in [1.29, 1.82) is 0 Å². The molecule has 2 amide bonds. The minimum atomic E-state index is -1.14. The Morgan fingerprint density at radius 1 is 1.26 bits per heavy atom. The number of oxime groups is 1. The number of aliphatic hydroxyl groups excluding tert-OH is 2. The maximum Gasteiger partial charge on any atom is 0.307 e. The zero-order valence-corrected chi connectivity index (χ0v) is 17.7. The summed E-state index contributed by atoms with van der Waals surface area (Å²) in [5.74, 6) is -0.868. The molecule has 1 heterocycles. The van der Waals surface area contributed by atoms with E-state index in [0.717, 1.165) is 4.90 Å². The number of nitrogens with zero attached hydrogens (tertiary/aromatic N) is 2. The largest absolute Gasteiger partial charge is 0.466 e. The van der Waals surface area contributed by atoms with E-state index in [0.29, 0.717) is 38.0 Å². The molecule has 31 heavy (non-hydrogen) atoms. The summed E-state index contributed by atoms with van der Waals surface area (Å²) in [6.45, 7) is 2.22. The molecule has 2 saturated carbocycles. The van der Waals surface area contributed by atoms with Gasteiger partial charge in [-0.2, -0.15) is 0 Å². The highest BCUT2D eigenvalue weighted by molar-refractivity contribution is 6.06. The summed E-state index contributed by atoms with van der Waals surface area (Å²) < 4.78 is 4.88. The molecule has 9 nitrogen and oxygen atoms in total. The fraction of sp³-hybridized carbons (Fsp3) is 0.727. The summed E-state index contributed by atoms with van der Waals surface area (Å²) in [5.41, 5.74) is 0.604. The van der Waals surface area contributed by atoms with Crippen LogP contribution in [0, 0.1) is 36.0 Å². The van der Waals surface area contributed by atoms with Gasteiger partial charge in [-0.25, -0.2) is 0 Å². The summed E-state index contributed by atoms with van der Waals surface area (Å²) in [6, 6.07) is 0. The second-order valence-electron chi connectivity index (χ2n) is 8.26. The third-order valence-corrected chi connectivity index (χ3v) is 6.45. The monoisotopic (exact) mass is 434 g/mol. The number of imide groups is 1. The fourth-order valence-electron chi connectivity index (χ4n) is 5.06. The Hall–Kier alpha value is -2.44. The van der Waals surface area contributed by atoms with E-state index in [2.05, 4.69) is 11.1 Å². The van der Waals surface area contributed by atoms with Gasteiger partial charge < -0.3 is 19.8 Å². The minimum Gasteiger partial charge on any atom is -0.466 e. The third-order valence-electron chi connectivity index (χ3n) is 6.45. The zero-order valence-electron chi connectivity index (χ0n) is 17.7. The number of fused-ring (bicyclic) bond motifs is 3. The van der Waals surface area contributed by atoms with Crippen LogP contribution in [0.25, 0.3) is 0 Å². The molecule has 0 unspecified atom stereocenters. The first-order chi connectivity index (χ1) is 14.9. The van der Waals surface area contributed by atoms with Crippen molar-refractivity contribution in [1.82, 2.24) is 4.90 Å². The second kappa shape index (κ2) is 10.2. The van der Waals surface area contributed by atoms with Gasteiger partial charge >= 0.3 is 5.97 Å². The number of amides is 2. The summed E-state index contributed by atoms with van der Waals surface area (Å²) in [4.78, 5) is 44.2. The smallest absolute Gasteiger partial charge is 0.307 e. The van der Waals surface area contributed by atoms with Crippen molar-refractivity contribution >= 4 is 23.5 Å². The molecule has 1 saturated heterocycles. The molecule has 3 aliphatic rings. The molecule has 0 bridgehead atoms. The Morgan fingerprint density at radius 2 is 2.00 bits per heavy atom. The lowest BCUT2D eigenvalue weighted by molar-refractivity contribution is -0.145. The second-order valence-corrected chi connectivity index (χ2v) is 8.26. The molecule has 0 radical (unpaired) electrons. The van der Waals surface area contributed by atoms with E-state index in [4.69, 9.17) is 16.0 Å². The number of aliphatic hydroxyl groups is 2. The first-order valence-electron chi connectivity index (χ1n) is 10.9. The number of likely N-dealkylation sites (tertiary alicyclic amines) is 1. The van der Waals surface area contributed by atoms with Gasteiger partial charge in [-0.15, -0.1) is 12.3 Å². The van der Waals surface area contributed by atoms with E-state index >= 15 is 0 Å². The van der Waals surface area contributed by atoms with Gasteiger partial charge in [0, 0.05) is 31.2 Å². The summed E-state index contributed by atoms with van der Waals surface area (Å²) in [6.07, 6.45) is 5.34. The normalized spacial score (nSPS) is 33.6. The van der Waals surface area contributed by atoms with Crippen LogP contribution in [0.3, 0.4) is 0 Å². The van der Waals surface area contributed by atoms with Gasteiger partial charge in [0.25, 0.3) is 0 Å². The van der Waals surface area contributed by atoms with Gasteiger partial charge in [-0.05, 0) is 26.2 Å². The van der Waals surface area contributed by atoms with Crippen LogP contribution in [-0.2, 0) is 24.0 Å². The predicted octanol–water partition coefficient (Wildman–Crippen LogP) is 0.479. The van der Waals surface area contributed by atoms with Crippen molar-refractivity contribution in [3.05, 3.63) is 0 Å². The highest BCUT2D eigenvalue weighted by atomic mass is 16.6. The third kappa shape index (κ3) is 4.75. The number of unbranched alkanes of at least 4 members (excludes halogenated alkanes) is 1. The molecule has 0 spiro atoms. The molecule has 1 aliphatic heterocycles. The number of rotatable bonds is 8. The number of carbonyl (C=O) groups is 3. The number of carbonyl (C=O) groups excluding carboxylic acids is 3. The van der Waals surface area contributed by atoms with Gasteiger partial charge in [-0.1, -0.05) is 5.16 Å². The van der Waals surface area contributed by atoms with Crippen molar-refractivity contribution in [2.24, 2.45) is 28.8 Å². The summed E-state index contributed by atoms with van der Waals surface area (Å²) in [7, 11) is 0. The van der Waals surface area contributed by atoms with Gasteiger partial charge in [0.1, 0.15) is 6.61 Å². The van der Waals surface area contributed by atoms with E-state index in [1.807, 2.05) is 0 Å². The van der Waals surface area contributed by atoms with Gasteiger partial charge in [0.15, 0.2) is 0 Å². The summed E-state index contributed by atoms with van der Waals surface area (Å²) >= 11 is 0. The lowest BCUT2D eigenvalue weighted by Crippen LogP contribution is -2.54. The maximum atomic E-state index is 13.1. The topological polar surface area (TPSA) is 126 Å². The Morgan fingerprint density at radius 3 is 2.71 bits per heavy atom. The van der Waals surface area contributed by atoms with Crippen molar-refractivity contribution in [2.45, 2.75) is 57.7 Å². The molecule has 6 atom stereocenters. The Balaban J connectivity index is 1.75. The van der Waals surface area contributed by atoms with E-state index in [-0.39, 0.29) is 37.8 Å². The first-order valence-corrected chi connectivity index (χ1v) is 10.9. The van der Waals surface area contributed by atoms with E-state index in [1.165, 1.54) is 0 Å². The number of esters is 1. The van der Waals surface area contributed by atoms with Crippen LogP contribution in [0.4, 0.5) is 0 Å². The van der Waals surface area contributed by atoms with Crippen LogP contribution in [0.1, 0.15) is 45.4 Å². The van der Waals surface area contributed by atoms with Crippen molar-refractivity contribution in [2.75, 3.05) is 19.8 Å². The lowest BCUT2D eigenvalue weighted by Gasteiger charge is -2.45. The van der Waals surface area contributed by atoms with Crippen LogP contribution in [-0.4, -0.2) is 70.6 Å². The van der Waals surface area contributed by atoms with Crippen molar-refractivity contribution < 1.29 is 34.2 Å². The van der Waals surface area contributed by atoms with Gasteiger partial charge in [0.05, 0.1) is 42.8 Å². The fourth-order valence-corrected chi connectivity index (χ4v) is 5.06. The van der Waals surface area contributed by atoms with E-state index in [9.17, 15) is 24.6 Å². The molecule has 3 rings (SSSR count). The predicted molar refractivity (Wildman–Crippen MR) is 109 cm³/mol. The highest BCUT2D eigenvalue weighted by Gasteiger charge is 2.59. The van der Waals surface area contributed by atoms with Crippen LogP contribution < -0.4 is 0 Å². The molecule has 170 valence electrons.